The Morgan fingerprint density at radius 2 is 2.13 bits per heavy atom. The van der Waals surface area contributed by atoms with Crippen molar-refractivity contribution in [2.45, 2.75) is 33.2 Å². The predicted octanol–water partition coefficient (Wildman–Crippen LogP) is 2.45. The maximum Gasteiger partial charge on any atom is 0.205 e. The minimum atomic E-state index is -0.653. The van der Waals surface area contributed by atoms with E-state index in [1.54, 1.807) is 0 Å². The molecule has 0 saturated carbocycles. The van der Waals surface area contributed by atoms with Gasteiger partial charge in [-0.3, -0.25) is 4.79 Å². The number of rotatable bonds is 1. The van der Waals surface area contributed by atoms with Crippen LogP contribution in [0.4, 0.5) is 0 Å². The lowest BCUT2D eigenvalue weighted by Crippen LogP contribution is -2.35. The molecule has 0 spiro atoms. The molecular weight excluding hydrogens is 192 g/mol. The molecule has 3 nitrogen and oxygen atoms in total. The lowest BCUT2D eigenvalue weighted by molar-refractivity contribution is -0.180. The number of carbonyl (C=O) groups excluding carboxylic acids is 1. The van der Waals surface area contributed by atoms with Crippen molar-refractivity contribution in [3.63, 3.8) is 0 Å². The van der Waals surface area contributed by atoms with E-state index in [1.807, 2.05) is 32.9 Å². The highest BCUT2D eigenvalue weighted by Crippen LogP contribution is 2.34. The lowest BCUT2D eigenvalue weighted by Gasteiger charge is -2.33. The molecule has 1 aromatic rings. The summed E-state index contributed by atoms with van der Waals surface area (Å²) >= 11 is 0. The molecule has 1 aliphatic rings. The summed E-state index contributed by atoms with van der Waals surface area (Å²) in [4.78, 5) is 10.9. The predicted molar refractivity (Wildman–Crippen MR) is 56.1 cm³/mol. The van der Waals surface area contributed by atoms with Crippen molar-refractivity contribution in [2.24, 2.45) is 0 Å². The Morgan fingerprint density at radius 1 is 1.40 bits per heavy atom. The van der Waals surface area contributed by atoms with Crippen LogP contribution in [0.1, 0.15) is 35.3 Å². The molecule has 3 heteroatoms. The summed E-state index contributed by atoms with van der Waals surface area (Å²) in [6, 6.07) is 3.81. The molecule has 0 unspecified atom stereocenters. The SMILES string of the molecule is Cc1cc(C=O)c2c(c1)COC(C)(C)O2. The van der Waals surface area contributed by atoms with Crippen LogP contribution < -0.4 is 4.74 Å². The van der Waals surface area contributed by atoms with Crippen molar-refractivity contribution >= 4 is 6.29 Å². The number of benzene rings is 1. The summed E-state index contributed by atoms with van der Waals surface area (Å²) in [7, 11) is 0. The molecule has 0 fully saturated rings. The van der Waals surface area contributed by atoms with Gasteiger partial charge >= 0.3 is 0 Å². The first kappa shape index (κ1) is 10.2. The van der Waals surface area contributed by atoms with Crippen molar-refractivity contribution in [1.29, 1.82) is 0 Å². The van der Waals surface area contributed by atoms with E-state index in [9.17, 15) is 4.79 Å². The number of ether oxygens (including phenoxy) is 2. The Morgan fingerprint density at radius 3 is 2.80 bits per heavy atom. The number of aldehydes is 1. The van der Waals surface area contributed by atoms with Crippen molar-refractivity contribution in [3.8, 4) is 5.75 Å². The molecule has 0 atom stereocenters. The molecule has 1 aromatic carbocycles. The van der Waals surface area contributed by atoms with Crippen LogP contribution in [0, 0.1) is 6.92 Å². The van der Waals surface area contributed by atoms with E-state index >= 15 is 0 Å². The molecule has 0 radical (unpaired) electrons. The Labute approximate surface area is 89.0 Å². The van der Waals surface area contributed by atoms with Crippen LogP contribution in [0.15, 0.2) is 12.1 Å². The number of hydrogen-bond acceptors (Lipinski definition) is 3. The second-order valence-corrected chi connectivity index (χ2v) is 4.25. The van der Waals surface area contributed by atoms with Crippen LogP contribution in [0.3, 0.4) is 0 Å². The standard InChI is InChI=1S/C12H14O3/c1-8-4-9(6-13)11-10(5-8)7-14-12(2,3)15-11/h4-6H,7H2,1-3H3. The van der Waals surface area contributed by atoms with Crippen molar-refractivity contribution in [3.05, 3.63) is 28.8 Å². The molecule has 80 valence electrons. The van der Waals surface area contributed by atoms with E-state index in [1.165, 1.54) is 0 Å². The maximum atomic E-state index is 10.9. The van der Waals surface area contributed by atoms with E-state index in [-0.39, 0.29) is 0 Å². The largest absolute Gasteiger partial charge is 0.462 e. The van der Waals surface area contributed by atoms with Gasteiger partial charge in [-0.15, -0.1) is 0 Å². The first-order chi connectivity index (χ1) is 7.02. The van der Waals surface area contributed by atoms with Crippen molar-refractivity contribution in [1.82, 2.24) is 0 Å². The average molecular weight is 206 g/mol. The molecule has 0 bridgehead atoms. The van der Waals surface area contributed by atoms with Crippen molar-refractivity contribution in [2.75, 3.05) is 0 Å². The van der Waals surface area contributed by atoms with Gasteiger partial charge in [-0.05, 0) is 18.6 Å². The zero-order valence-corrected chi connectivity index (χ0v) is 9.16. The number of fused-ring (bicyclic) bond motifs is 1. The monoisotopic (exact) mass is 206 g/mol. The van der Waals surface area contributed by atoms with Gasteiger partial charge in [-0.1, -0.05) is 6.07 Å². The summed E-state index contributed by atoms with van der Waals surface area (Å²) in [5.74, 6) is 0.00636. The maximum absolute atomic E-state index is 10.9. The van der Waals surface area contributed by atoms with Crippen LogP contribution in [0.2, 0.25) is 0 Å². The zero-order valence-electron chi connectivity index (χ0n) is 9.16. The average Bonchev–Trinajstić information content (AvgIpc) is 2.17. The van der Waals surface area contributed by atoms with Crippen molar-refractivity contribution < 1.29 is 14.3 Å². The van der Waals surface area contributed by atoms with Gasteiger partial charge in [0.2, 0.25) is 5.79 Å². The topological polar surface area (TPSA) is 35.5 Å². The second kappa shape index (κ2) is 3.35. The van der Waals surface area contributed by atoms with Crippen LogP contribution in [0.5, 0.6) is 5.75 Å². The van der Waals surface area contributed by atoms with E-state index < -0.39 is 5.79 Å². The minimum absolute atomic E-state index is 0.491. The molecular formula is C12H14O3. The van der Waals surface area contributed by atoms with E-state index in [0.717, 1.165) is 17.4 Å². The lowest BCUT2D eigenvalue weighted by atomic mass is 10.0. The van der Waals surface area contributed by atoms with Gasteiger partial charge in [-0.25, -0.2) is 0 Å². The van der Waals surface area contributed by atoms with E-state index in [0.29, 0.717) is 17.9 Å². The highest BCUT2D eigenvalue weighted by molar-refractivity contribution is 5.80. The first-order valence-electron chi connectivity index (χ1n) is 4.93. The quantitative estimate of drug-likeness (QED) is 0.662. The summed E-state index contributed by atoms with van der Waals surface area (Å²) in [5.41, 5.74) is 2.58. The van der Waals surface area contributed by atoms with Gasteiger partial charge in [0.15, 0.2) is 6.29 Å². The summed E-state index contributed by atoms with van der Waals surface area (Å²) < 4.78 is 11.2. The van der Waals surface area contributed by atoms with Gasteiger partial charge in [-0.2, -0.15) is 0 Å². The van der Waals surface area contributed by atoms with Crippen LogP contribution in [-0.2, 0) is 11.3 Å². The van der Waals surface area contributed by atoms with Gasteiger partial charge in [0.1, 0.15) is 5.75 Å². The van der Waals surface area contributed by atoms with E-state index in [4.69, 9.17) is 9.47 Å². The number of carbonyl (C=O) groups is 1. The smallest absolute Gasteiger partial charge is 0.205 e. The van der Waals surface area contributed by atoms with Gasteiger partial charge < -0.3 is 9.47 Å². The Kier molecular flexibility index (Phi) is 2.27. The van der Waals surface area contributed by atoms with E-state index in [2.05, 4.69) is 0 Å². The number of hydrogen-bond donors (Lipinski definition) is 0. The summed E-state index contributed by atoms with van der Waals surface area (Å²) in [5, 5.41) is 0. The Bertz CT molecular complexity index is 408. The molecule has 0 aliphatic carbocycles. The third-order valence-electron chi connectivity index (χ3n) is 2.39. The Balaban J connectivity index is 2.52. The van der Waals surface area contributed by atoms with Crippen LogP contribution >= 0.6 is 0 Å². The third kappa shape index (κ3) is 1.88. The highest BCUT2D eigenvalue weighted by atomic mass is 16.7. The minimum Gasteiger partial charge on any atom is -0.462 e. The molecule has 1 aliphatic heterocycles. The Hall–Kier alpha value is -1.35. The van der Waals surface area contributed by atoms with Crippen LogP contribution in [0.25, 0.3) is 0 Å². The van der Waals surface area contributed by atoms with Gasteiger partial charge in [0, 0.05) is 19.4 Å². The molecule has 2 rings (SSSR count). The fourth-order valence-corrected chi connectivity index (χ4v) is 1.72. The fraction of sp³-hybridized carbons (Fsp3) is 0.417. The molecule has 15 heavy (non-hydrogen) atoms. The second-order valence-electron chi connectivity index (χ2n) is 4.25. The fourth-order valence-electron chi connectivity index (χ4n) is 1.72. The van der Waals surface area contributed by atoms with Gasteiger partial charge in [0.05, 0.1) is 12.2 Å². The number of aryl methyl sites for hydroxylation is 1. The first-order valence-corrected chi connectivity index (χ1v) is 4.93. The third-order valence-corrected chi connectivity index (χ3v) is 2.39. The molecule has 0 amide bonds. The molecule has 0 saturated heterocycles. The summed E-state index contributed by atoms with van der Waals surface area (Å²) in [6.07, 6.45) is 0.827. The highest BCUT2D eigenvalue weighted by Gasteiger charge is 2.29. The molecule has 0 N–H and O–H groups in total. The summed E-state index contributed by atoms with van der Waals surface area (Å²) in [6.45, 7) is 6.12. The molecule has 1 heterocycles. The normalized spacial score (nSPS) is 17.8. The zero-order chi connectivity index (χ0) is 11.1. The molecule has 0 aromatic heterocycles. The van der Waals surface area contributed by atoms with Gasteiger partial charge in [0.25, 0.3) is 0 Å². The van der Waals surface area contributed by atoms with Crippen LogP contribution in [-0.4, -0.2) is 12.1 Å².